The van der Waals surface area contributed by atoms with Crippen molar-refractivity contribution in [3.05, 3.63) is 47.7 Å². The van der Waals surface area contributed by atoms with E-state index in [-0.39, 0.29) is 0 Å². The Bertz CT molecular complexity index is 496. The summed E-state index contributed by atoms with van der Waals surface area (Å²) in [6.45, 7) is 4.99. The molecule has 4 nitrogen and oxygen atoms in total. The topological polar surface area (TPSA) is 50.7 Å². The van der Waals surface area contributed by atoms with Crippen LogP contribution in [0.2, 0.25) is 0 Å². The van der Waals surface area contributed by atoms with Crippen molar-refractivity contribution >= 4 is 5.82 Å². The predicted molar refractivity (Wildman–Crippen MR) is 72.6 cm³/mol. The summed E-state index contributed by atoms with van der Waals surface area (Å²) in [5.74, 6) is 1.71. The molecule has 0 radical (unpaired) electrons. The Balaban J connectivity index is 2.15. The van der Waals surface area contributed by atoms with E-state index < -0.39 is 0 Å². The minimum atomic E-state index is 0.790. The lowest BCUT2D eigenvalue weighted by Crippen LogP contribution is -2.06. The van der Waals surface area contributed by atoms with Crippen LogP contribution in [0.15, 0.2) is 30.6 Å². The van der Waals surface area contributed by atoms with Gasteiger partial charge >= 0.3 is 0 Å². The van der Waals surface area contributed by atoms with Gasteiger partial charge in [0.25, 0.3) is 0 Å². The smallest absolute Gasteiger partial charge is 0.129 e. The van der Waals surface area contributed by atoms with Crippen LogP contribution < -0.4 is 5.32 Å². The van der Waals surface area contributed by atoms with Gasteiger partial charge in [0.2, 0.25) is 0 Å². The summed E-state index contributed by atoms with van der Waals surface area (Å²) in [6, 6.07) is 6.01. The lowest BCUT2D eigenvalue weighted by Gasteiger charge is -2.07. The first kappa shape index (κ1) is 12.5. The highest BCUT2D eigenvalue weighted by atomic mass is 15.0. The van der Waals surface area contributed by atoms with E-state index in [0.717, 1.165) is 42.3 Å². The van der Waals surface area contributed by atoms with Gasteiger partial charge in [-0.05, 0) is 25.0 Å². The Labute approximate surface area is 108 Å². The fraction of sp³-hybridized carbons (Fsp3) is 0.357. The van der Waals surface area contributed by atoms with Crippen molar-refractivity contribution < 1.29 is 0 Å². The lowest BCUT2D eigenvalue weighted by atomic mass is 10.1. The zero-order valence-corrected chi connectivity index (χ0v) is 10.8. The number of nitrogens with zero attached hydrogens (tertiary/aromatic N) is 3. The van der Waals surface area contributed by atoms with Gasteiger partial charge in [0, 0.05) is 31.4 Å². The molecule has 0 unspecified atom stereocenters. The third-order valence-corrected chi connectivity index (χ3v) is 2.56. The molecular weight excluding hydrogens is 224 g/mol. The molecule has 1 N–H and O–H groups in total. The fourth-order valence-corrected chi connectivity index (χ4v) is 1.78. The normalized spacial score (nSPS) is 10.3. The molecule has 0 bridgehead atoms. The first-order valence-corrected chi connectivity index (χ1v) is 6.25. The second-order valence-electron chi connectivity index (χ2n) is 4.26. The minimum absolute atomic E-state index is 0.790. The van der Waals surface area contributed by atoms with Crippen LogP contribution in [-0.4, -0.2) is 21.5 Å². The largest absolute Gasteiger partial charge is 0.370 e. The first-order valence-electron chi connectivity index (χ1n) is 6.25. The Morgan fingerprint density at radius 2 is 2.17 bits per heavy atom. The Hall–Kier alpha value is -1.97. The lowest BCUT2D eigenvalue weighted by molar-refractivity contribution is 0.930. The average molecular weight is 242 g/mol. The molecule has 0 spiro atoms. The summed E-state index contributed by atoms with van der Waals surface area (Å²) < 4.78 is 0. The van der Waals surface area contributed by atoms with Crippen molar-refractivity contribution in [2.75, 3.05) is 11.9 Å². The quantitative estimate of drug-likeness (QED) is 0.875. The molecule has 2 heterocycles. The molecule has 0 aliphatic rings. The summed E-state index contributed by atoms with van der Waals surface area (Å²) in [4.78, 5) is 12.9. The van der Waals surface area contributed by atoms with Crippen LogP contribution in [-0.2, 0) is 6.42 Å². The van der Waals surface area contributed by atoms with Gasteiger partial charge in [0.1, 0.15) is 11.6 Å². The van der Waals surface area contributed by atoms with E-state index in [2.05, 4.69) is 33.3 Å². The minimum Gasteiger partial charge on any atom is -0.370 e. The Morgan fingerprint density at radius 1 is 1.28 bits per heavy atom. The van der Waals surface area contributed by atoms with E-state index in [9.17, 15) is 0 Å². The van der Waals surface area contributed by atoms with E-state index in [1.54, 1.807) is 6.20 Å². The number of aromatic nitrogens is 3. The zero-order valence-electron chi connectivity index (χ0n) is 10.8. The molecule has 0 aromatic carbocycles. The average Bonchev–Trinajstić information content (AvgIpc) is 2.37. The van der Waals surface area contributed by atoms with E-state index in [1.807, 2.05) is 25.3 Å². The van der Waals surface area contributed by atoms with Crippen molar-refractivity contribution in [3.8, 4) is 0 Å². The molecule has 2 aromatic heterocycles. The number of rotatable bonds is 5. The van der Waals surface area contributed by atoms with Gasteiger partial charge in [-0.3, -0.25) is 4.98 Å². The molecule has 0 saturated carbocycles. The molecule has 4 heteroatoms. The second kappa shape index (κ2) is 6.10. The number of nitrogens with one attached hydrogen (secondary N) is 1. The maximum atomic E-state index is 4.46. The Kier molecular flexibility index (Phi) is 4.23. The predicted octanol–water partition coefficient (Wildman–Crippen LogP) is 2.59. The number of pyridine rings is 1. The maximum absolute atomic E-state index is 4.46. The van der Waals surface area contributed by atoms with Crippen molar-refractivity contribution in [1.82, 2.24) is 15.0 Å². The van der Waals surface area contributed by atoms with Crippen LogP contribution in [0.5, 0.6) is 0 Å². The molecule has 2 aromatic rings. The molecular formula is C14H18N4. The molecule has 0 amide bonds. The van der Waals surface area contributed by atoms with Crippen molar-refractivity contribution in [2.45, 2.75) is 26.7 Å². The third kappa shape index (κ3) is 3.52. The van der Waals surface area contributed by atoms with Crippen molar-refractivity contribution in [1.29, 1.82) is 0 Å². The fourth-order valence-electron chi connectivity index (χ4n) is 1.78. The molecule has 0 aliphatic heterocycles. The molecule has 0 fully saturated rings. The second-order valence-corrected chi connectivity index (χ2v) is 4.26. The summed E-state index contributed by atoms with van der Waals surface area (Å²) in [6.07, 6.45) is 5.53. The van der Waals surface area contributed by atoms with Gasteiger partial charge in [-0.15, -0.1) is 0 Å². The molecule has 0 atom stereocenters. The first-order chi connectivity index (χ1) is 8.78. The van der Waals surface area contributed by atoms with Gasteiger partial charge in [-0.2, -0.15) is 0 Å². The van der Waals surface area contributed by atoms with E-state index in [4.69, 9.17) is 0 Å². The van der Waals surface area contributed by atoms with Crippen LogP contribution >= 0.6 is 0 Å². The van der Waals surface area contributed by atoms with Crippen LogP contribution in [0.25, 0.3) is 0 Å². The Morgan fingerprint density at radius 3 is 2.89 bits per heavy atom. The highest BCUT2D eigenvalue weighted by Gasteiger charge is 2.03. The van der Waals surface area contributed by atoms with Crippen molar-refractivity contribution in [3.63, 3.8) is 0 Å². The van der Waals surface area contributed by atoms with Crippen LogP contribution in [0.3, 0.4) is 0 Å². The van der Waals surface area contributed by atoms with Gasteiger partial charge in [0.05, 0.1) is 5.69 Å². The van der Waals surface area contributed by atoms with Crippen LogP contribution in [0.4, 0.5) is 5.82 Å². The SMILES string of the molecule is CCCNc1cc(Cc2cccnc2)nc(C)n1. The zero-order chi connectivity index (χ0) is 12.8. The van der Waals surface area contributed by atoms with E-state index in [1.165, 1.54) is 0 Å². The molecule has 0 saturated heterocycles. The maximum Gasteiger partial charge on any atom is 0.129 e. The summed E-state index contributed by atoms with van der Waals surface area (Å²) >= 11 is 0. The molecule has 94 valence electrons. The standard InChI is InChI=1S/C14H18N4/c1-3-6-16-14-9-13(17-11(2)18-14)8-12-5-4-7-15-10-12/h4-5,7,9-10H,3,6,8H2,1-2H3,(H,16,17,18). The summed E-state index contributed by atoms with van der Waals surface area (Å²) in [5, 5.41) is 3.29. The van der Waals surface area contributed by atoms with Crippen molar-refractivity contribution in [2.24, 2.45) is 0 Å². The number of aryl methyl sites for hydroxylation is 1. The number of hydrogen-bond acceptors (Lipinski definition) is 4. The molecule has 18 heavy (non-hydrogen) atoms. The van der Waals surface area contributed by atoms with Gasteiger partial charge in [0.15, 0.2) is 0 Å². The van der Waals surface area contributed by atoms with Crippen LogP contribution in [0.1, 0.15) is 30.4 Å². The summed E-state index contributed by atoms with van der Waals surface area (Å²) in [7, 11) is 0. The van der Waals surface area contributed by atoms with Crippen LogP contribution in [0, 0.1) is 6.92 Å². The third-order valence-electron chi connectivity index (χ3n) is 2.56. The molecule has 0 aliphatic carbocycles. The highest BCUT2D eigenvalue weighted by molar-refractivity contribution is 5.37. The summed E-state index contributed by atoms with van der Waals surface area (Å²) in [5.41, 5.74) is 2.19. The van der Waals surface area contributed by atoms with E-state index in [0.29, 0.717) is 0 Å². The van der Waals surface area contributed by atoms with Gasteiger partial charge in [-0.25, -0.2) is 9.97 Å². The van der Waals surface area contributed by atoms with E-state index >= 15 is 0 Å². The molecule has 2 rings (SSSR count). The monoisotopic (exact) mass is 242 g/mol. The number of hydrogen-bond donors (Lipinski definition) is 1. The van der Waals surface area contributed by atoms with Gasteiger partial charge < -0.3 is 5.32 Å². The number of anilines is 1. The highest BCUT2D eigenvalue weighted by Crippen LogP contribution is 2.11. The van der Waals surface area contributed by atoms with Gasteiger partial charge in [-0.1, -0.05) is 13.0 Å².